The maximum Gasteiger partial charge on any atom is 0.129 e. The Morgan fingerprint density at radius 1 is 1.50 bits per heavy atom. The summed E-state index contributed by atoms with van der Waals surface area (Å²) in [5.74, 6) is 1.80. The topological polar surface area (TPSA) is 49.8 Å². The minimum Gasteiger partial charge on any atom is -0.368 e. The van der Waals surface area contributed by atoms with Crippen LogP contribution in [0.5, 0.6) is 0 Å². The smallest absolute Gasteiger partial charge is 0.129 e. The number of aryl methyl sites for hydroxylation is 2. The normalized spacial score (nSPS) is 20.0. The molecule has 0 aromatic carbocycles. The van der Waals surface area contributed by atoms with E-state index in [1.54, 1.807) is 0 Å². The van der Waals surface area contributed by atoms with Crippen LogP contribution in [0.3, 0.4) is 0 Å². The van der Waals surface area contributed by atoms with Gasteiger partial charge in [0.2, 0.25) is 0 Å². The van der Waals surface area contributed by atoms with E-state index in [2.05, 4.69) is 27.5 Å². The van der Waals surface area contributed by atoms with Crippen molar-refractivity contribution in [1.29, 1.82) is 0 Å². The first-order valence-corrected chi connectivity index (χ1v) is 6.09. The van der Waals surface area contributed by atoms with Crippen LogP contribution in [0.2, 0.25) is 0 Å². The highest BCUT2D eigenvalue weighted by molar-refractivity contribution is 5.36. The van der Waals surface area contributed by atoms with Crippen LogP contribution in [-0.2, 0) is 6.42 Å². The second-order valence-electron chi connectivity index (χ2n) is 4.32. The quantitative estimate of drug-likeness (QED) is 0.807. The fraction of sp³-hybridized carbons (Fsp3) is 0.667. The van der Waals surface area contributed by atoms with Crippen LogP contribution in [0.15, 0.2) is 6.07 Å². The molecule has 1 saturated heterocycles. The lowest BCUT2D eigenvalue weighted by atomic mass is 10.2. The van der Waals surface area contributed by atoms with Gasteiger partial charge in [-0.1, -0.05) is 6.92 Å². The van der Waals surface area contributed by atoms with Crippen LogP contribution in [0.25, 0.3) is 0 Å². The molecular weight excluding hydrogens is 200 g/mol. The number of nitrogens with one attached hydrogen (secondary N) is 2. The van der Waals surface area contributed by atoms with E-state index in [1.807, 2.05) is 13.0 Å². The highest BCUT2D eigenvalue weighted by Crippen LogP contribution is 2.09. The van der Waals surface area contributed by atoms with Gasteiger partial charge in [-0.25, -0.2) is 9.97 Å². The van der Waals surface area contributed by atoms with Crippen molar-refractivity contribution in [1.82, 2.24) is 15.3 Å². The van der Waals surface area contributed by atoms with Crippen LogP contribution in [-0.4, -0.2) is 29.1 Å². The third-order valence-corrected chi connectivity index (χ3v) is 2.95. The van der Waals surface area contributed by atoms with Gasteiger partial charge in [0.1, 0.15) is 11.6 Å². The van der Waals surface area contributed by atoms with Gasteiger partial charge in [0, 0.05) is 24.3 Å². The molecule has 0 aliphatic carbocycles. The van der Waals surface area contributed by atoms with Gasteiger partial charge in [0.15, 0.2) is 0 Å². The van der Waals surface area contributed by atoms with Crippen molar-refractivity contribution < 1.29 is 0 Å². The first-order chi connectivity index (χ1) is 7.78. The van der Waals surface area contributed by atoms with Crippen LogP contribution in [0.4, 0.5) is 5.82 Å². The Hall–Kier alpha value is -1.16. The van der Waals surface area contributed by atoms with E-state index in [0.717, 1.165) is 36.8 Å². The Kier molecular flexibility index (Phi) is 3.72. The molecule has 4 nitrogen and oxygen atoms in total. The van der Waals surface area contributed by atoms with Gasteiger partial charge >= 0.3 is 0 Å². The summed E-state index contributed by atoms with van der Waals surface area (Å²) in [6.07, 6.45) is 3.51. The molecule has 1 aromatic heterocycles. The molecule has 1 atom stereocenters. The van der Waals surface area contributed by atoms with E-state index < -0.39 is 0 Å². The maximum absolute atomic E-state index is 4.39. The molecule has 0 amide bonds. The minimum absolute atomic E-state index is 0.598. The van der Waals surface area contributed by atoms with Crippen LogP contribution < -0.4 is 10.6 Å². The number of rotatable bonds is 4. The molecule has 2 heterocycles. The highest BCUT2D eigenvalue weighted by Gasteiger charge is 2.13. The number of hydrogen-bond acceptors (Lipinski definition) is 4. The summed E-state index contributed by atoms with van der Waals surface area (Å²) < 4.78 is 0. The lowest BCUT2D eigenvalue weighted by Crippen LogP contribution is -2.29. The number of anilines is 1. The average molecular weight is 220 g/mol. The molecule has 88 valence electrons. The summed E-state index contributed by atoms with van der Waals surface area (Å²) in [4.78, 5) is 8.76. The van der Waals surface area contributed by atoms with Crippen molar-refractivity contribution >= 4 is 5.82 Å². The van der Waals surface area contributed by atoms with Gasteiger partial charge in [0.25, 0.3) is 0 Å². The molecule has 16 heavy (non-hydrogen) atoms. The van der Waals surface area contributed by atoms with Gasteiger partial charge < -0.3 is 10.6 Å². The van der Waals surface area contributed by atoms with E-state index in [0.29, 0.717) is 6.04 Å². The molecule has 1 fully saturated rings. The largest absolute Gasteiger partial charge is 0.368 e. The van der Waals surface area contributed by atoms with E-state index >= 15 is 0 Å². The number of aromatic nitrogens is 2. The molecule has 2 rings (SSSR count). The fourth-order valence-corrected chi connectivity index (χ4v) is 2.06. The van der Waals surface area contributed by atoms with Crippen molar-refractivity contribution in [3.05, 3.63) is 17.6 Å². The molecular formula is C12H20N4. The van der Waals surface area contributed by atoms with Gasteiger partial charge in [-0.3, -0.25) is 0 Å². The minimum atomic E-state index is 0.598. The van der Waals surface area contributed by atoms with E-state index in [4.69, 9.17) is 0 Å². The Bertz CT molecular complexity index is 345. The molecule has 1 aliphatic heterocycles. The molecule has 0 saturated carbocycles. The third-order valence-electron chi connectivity index (χ3n) is 2.95. The van der Waals surface area contributed by atoms with Gasteiger partial charge in [-0.05, 0) is 32.7 Å². The molecule has 0 spiro atoms. The summed E-state index contributed by atoms with van der Waals surface area (Å²) in [7, 11) is 0. The zero-order chi connectivity index (χ0) is 11.4. The Labute approximate surface area is 96.9 Å². The van der Waals surface area contributed by atoms with Crippen LogP contribution in [0, 0.1) is 6.92 Å². The van der Waals surface area contributed by atoms with Crippen LogP contribution >= 0.6 is 0 Å². The standard InChI is InChI=1S/C12H20N4/c1-3-10-7-12(16-9(2)15-10)14-8-11-5-4-6-13-11/h7,11,13H,3-6,8H2,1-2H3,(H,14,15,16). The molecule has 1 aliphatic rings. The monoisotopic (exact) mass is 220 g/mol. The molecule has 2 N–H and O–H groups in total. The second-order valence-corrected chi connectivity index (χ2v) is 4.32. The van der Waals surface area contributed by atoms with Crippen molar-refractivity contribution in [3.63, 3.8) is 0 Å². The lowest BCUT2D eigenvalue weighted by Gasteiger charge is -2.12. The summed E-state index contributed by atoms with van der Waals surface area (Å²) >= 11 is 0. The molecule has 4 heteroatoms. The first-order valence-electron chi connectivity index (χ1n) is 6.09. The summed E-state index contributed by atoms with van der Waals surface area (Å²) in [5.41, 5.74) is 1.11. The average Bonchev–Trinajstić information content (AvgIpc) is 2.78. The zero-order valence-corrected chi connectivity index (χ0v) is 10.1. The molecule has 0 bridgehead atoms. The lowest BCUT2D eigenvalue weighted by molar-refractivity contribution is 0.632. The fourth-order valence-electron chi connectivity index (χ4n) is 2.06. The predicted octanol–water partition coefficient (Wildman–Crippen LogP) is 1.51. The van der Waals surface area contributed by atoms with E-state index in [-0.39, 0.29) is 0 Å². The Balaban J connectivity index is 1.94. The van der Waals surface area contributed by atoms with Crippen molar-refractivity contribution in [2.24, 2.45) is 0 Å². The molecule has 0 radical (unpaired) electrons. The third kappa shape index (κ3) is 2.92. The number of nitrogens with zero attached hydrogens (tertiary/aromatic N) is 2. The van der Waals surface area contributed by atoms with Crippen molar-refractivity contribution in [2.75, 3.05) is 18.4 Å². The molecule has 1 aromatic rings. The predicted molar refractivity (Wildman–Crippen MR) is 65.7 cm³/mol. The first kappa shape index (κ1) is 11.3. The van der Waals surface area contributed by atoms with Gasteiger partial charge in [0.05, 0.1) is 0 Å². The summed E-state index contributed by atoms with van der Waals surface area (Å²) in [5, 5.41) is 6.85. The summed E-state index contributed by atoms with van der Waals surface area (Å²) in [6.45, 7) is 6.16. The van der Waals surface area contributed by atoms with Crippen molar-refractivity contribution in [3.8, 4) is 0 Å². The maximum atomic E-state index is 4.39. The molecule has 1 unspecified atom stereocenters. The van der Waals surface area contributed by atoms with Crippen LogP contribution in [0.1, 0.15) is 31.3 Å². The summed E-state index contributed by atoms with van der Waals surface area (Å²) in [6, 6.07) is 2.64. The highest BCUT2D eigenvalue weighted by atomic mass is 15.1. The Morgan fingerprint density at radius 2 is 2.38 bits per heavy atom. The van der Waals surface area contributed by atoms with Crippen molar-refractivity contribution in [2.45, 2.75) is 39.2 Å². The SMILES string of the molecule is CCc1cc(NCC2CCCN2)nc(C)n1. The van der Waals surface area contributed by atoms with Gasteiger partial charge in [-0.2, -0.15) is 0 Å². The van der Waals surface area contributed by atoms with E-state index in [9.17, 15) is 0 Å². The zero-order valence-electron chi connectivity index (χ0n) is 10.1. The van der Waals surface area contributed by atoms with E-state index in [1.165, 1.54) is 12.8 Å². The van der Waals surface area contributed by atoms with Gasteiger partial charge in [-0.15, -0.1) is 0 Å². The second kappa shape index (κ2) is 5.25. The number of hydrogen-bond donors (Lipinski definition) is 2. The Morgan fingerprint density at radius 3 is 3.06 bits per heavy atom.